The van der Waals surface area contributed by atoms with Crippen LogP contribution >= 0.6 is 0 Å². The van der Waals surface area contributed by atoms with Gasteiger partial charge in [-0.2, -0.15) is 4.98 Å². The van der Waals surface area contributed by atoms with Crippen LogP contribution in [-0.4, -0.2) is 40.6 Å². The van der Waals surface area contributed by atoms with E-state index in [1.807, 2.05) is 29.2 Å². The van der Waals surface area contributed by atoms with Crippen molar-refractivity contribution in [2.45, 2.75) is 45.4 Å². The Balaban J connectivity index is 1.35. The zero-order chi connectivity index (χ0) is 21.6. The molecule has 0 bridgehead atoms. The molecule has 6 heteroatoms. The van der Waals surface area contributed by atoms with Crippen molar-refractivity contribution in [2.24, 2.45) is 0 Å². The molecule has 1 atom stereocenters. The van der Waals surface area contributed by atoms with Crippen molar-refractivity contribution in [1.82, 2.24) is 15.0 Å². The fraction of sp³-hybridized carbons (Fsp3) is 0.400. The monoisotopic (exact) mass is 419 g/mol. The van der Waals surface area contributed by atoms with E-state index in [0.29, 0.717) is 31.2 Å². The van der Waals surface area contributed by atoms with E-state index in [2.05, 4.69) is 48.3 Å². The van der Waals surface area contributed by atoms with Crippen LogP contribution in [0.2, 0.25) is 0 Å². The molecule has 1 saturated heterocycles. The van der Waals surface area contributed by atoms with Crippen LogP contribution in [0.1, 0.15) is 49.1 Å². The van der Waals surface area contributed by atoms with Crippen molar-refractivity contribution < 1.29 is 14.1 Å². The van der Waals surface area contributed by atoms with Crippen LogP contribution < -0.4 is 4.74 Å². The lowest BCUT2D eigenvalue weighted by Gasteiger charge is -2.16. The lowest BCUT2D eigenvalue weighted by atomic mass is 10.1. The Morgan fingerprint density at radius 2 is 2.03 bits per heavy atom. The Kier molecular flexibility index (Phi) is 6.65. The molecule has 6 nitrogen and oxygen atoms in total. The van der Waals surface area contributed by atoms with Crippen molar-refractivity contribution in [3.05, 3.63) is 65.5 Å². The maximum absolute atomic E-state index is 12.5. The van der Waals surface area contributed by atoms with E-state index in [1.165, 1.54) is 11.1 Å². The highest BCUT2D eigenvalue weighted by Crippen LogP contribution is 2.29. The van der Waals surface area contributed by atoms with E-state index in [4.69, 9.17) is 9.26 Å². The van der Waals surface area contributed by atoms with Gasteiger partial charge in [-0.15, -0.1) is 0 Å². The number of unbranched alkanes of at least 4 members (excludes halogenated alkanes) is 1. The Bertz CT molecular complexity index is 1010. The van der Waals surface area contributed by atoms with Gasteiger partial charge in [-0.3, -0.25) is 4.79 Å². The van der Waals surface area contributed by atoms with Crippen molar-refractivity contribution >= 4 is 5.91 Å². The Labute approximate surface area is 183 Å². The van der Waals surface area contributed by atoms with Gasteiger partial charge in [0.1, 0.15) is 5.75 Å². The number of ether oxygens (including phenoxy) is 1. The highest BCUT2D eigenvalue weighted by atomic mass is 16.5. The number of aromatic nitrogens is 2. The van der Waals surface area contributed by atoms with Gasteiger partial charge in [0, 0.05) is 25.1 Å². The summed E-state index contributed by atoms with van der Waals surface area (Å²) in [6, 6.07) is 16.1. The quantitative estimate of drug-likeness (QED) is 0.467. The van der Waals surface area contributed by atoms with E-state index in [0.717, 1.165) is 37.2 Å². The van der Waals surface area contributed by atoms with Gasteiger partial charge >= 0.3 is 0 Å². The van der Waals surface area contributed by atoms with Crippen molar-refractivity contribution in [2.75, 3.05) is 19.7 Å². The van der Waals surface area contributed by atoms with E-state index < -0.39 is 0 Å². The molecule has 31 heavy (non-hydrogen) atoms. The molecule has 2 aromatic carbocycles. The summed E-state index contributed by atoms with van der Waals surface area (Å²) in [4.78, 5) is 19.0. The second-order valence-electron chi connectivity index (χ2n) is 8.16. The minimum Gasteiger partial charge on any atom is -0.494 e. The topological polar surface area (TPSA) is 68.5 Å². The number of carbonyl (C=O) groups excluding carboxylic acids is 1. The number of carbonyl (C=O) groups is 1. The normalized spacial score (nSPS) is 16.1. The summed E-state index contributed by atoms with van der Waals surface area (Å²) in [7, 11) is 0. The summed E-state index contributed by atoms with van der Waals surface area (Å²) in [5.41, 5.74) is 3.36. The maximum Gasteiger partial charge on any atom is 0.232 e. The summed E-state index contributed by atoms with van der Waals surface area (Å²) in [5, 5.41) is 4.13. The molecule has 2 heterocycles. The standard InChI is InChI=1S/C25H29N3O3/c1-3-4-14-30-22-10-8-20(9-11-22)24-26-25(31-27-24)21-16-23(29)28(17-21)13-12-19-7-5-6-18(2)15-19/h5-11,15,21H,3-4,12-14,16-17H2,1-2H3. The first-order valence-electron chi connectivity index (χ1n) is 11.0. The number of likely N-dealkylation sites (tertiary alicyclic amines) is 1. The number of hydrogen-bond acceptors (Lipinski definition) is 5. The molecule has 3 aromatic rings. The van der Waals surface area contributed by atoms with Gasteiger partial charge in [-0.25, -0.2) is 0 Å². The number of benzene rings is 2. The number of rotatable bonds is 9. The molecule has 1 unspecified atom stereocenters. The first-order valence-corrected chi connectivity index (χ1v) is 11.0. The van der Waals surface area contributed by atoms with Gasteiger partial charge in [0.25, 0.3) is 0 Å². The molecule has 1 aromatic heterocycles. The Morgan fingerprint density at radius 1 is 1.19 bits per heavy atom. The number of aryl methyl sites for hydroxylation is 1. The molecule has 0 spiro atoms. The molecular formula is C25H29N3O3. The molecule has 1 aliphatic heterocycles. The van der Waals surface area contributed by atoms with E-state index in [-0.39, 0.29) is 11.8 Å². The van der Waals surface area contributed by atoms with E-state index >= 15 is 0 Å². The van der Waals surface area contributed by atoms with E-state index in [9.17, 15) is 4.79 Å². The molecule has 0 radical (unpaired) electrons. The molecule has 0 N–H and O–H groups in total. The first kappa shape index (κ1) is 21.1. The van der Waals surface area contributed by atoms with Crippen molar-refractivity contribution in [1.29, 1.82) is 0 Å². The average Bonchev–Trinajstić information content (AvgIpc) is 3.40. The number of nitrogens with zero attached hydrogens (tertiary/aromatic N) is 3. The fourth-order valence-corrected chi connectivity index (χ4v) is 3.84. The summed E-state index contributed by atoms with van der Waals surface area (Å²) in [6.07, 6.45) is 3.41. The minimum atomic E-state index is -0.0529. The lowest BCUT2D eigenvalue weighted by molar-refractivity contribution is -0.127. The van der Waals surface area contributed by atoms with Crippen LogP contribution in [0.15, 0.2) is 53.1 Å². The number of amides is 1. The van der Waals surface area contributed by atoms with E-state index in [1.54, 1.807) is 0 Å². The Morgan fingerprint density at radius 3 is 2.81 bits per heavy atom. The summed E-state index contributed by atoms with van der Waals surface area (Å²) in [6.45, 7) is 6.27. The van der Waals surface area contributed by atoms with Crippen LogP contribution in [0.25, 0.3) is 11.4 Å². The van der Waals surface area contributed by atoms with Gasteiger partial charge < -0.3 is 14.2 Å². The largest absolute Gasteiger partial charge is 0.494 e. The summed E-state index contributed by atoms with van der Waals surface area (Å²) >= 11 is 0. The second kappa shape index (κ2) is 9.77. The minimum absolute atomic E-state index is 0.0529. The van der Waals surface area contributed by atoms with Gasteiger partial charge in [-0.1, -0.05) is 48.3 Å². The Hall–Kier alpha value is -3.15. The van der Waals surface area contributed by atoms with Gasteiger partial charge in [0.2, 0.25) is 17.6 Å². The summed E-state index contributed by atoms with van der Waals surface area (Å²) in [5.74, 6) is 2.01. The molecular weight excluding hydrogens is 390 g/mol. The molecule has 1 aliphatic rings. The lowest BCUT2D eigenvalue weighted by Crippen LogP contribution is -2.27. The van der Waals surface area contributed by atoms with Gasteiger partial charge in [0.05, 0.1) is 12.5 Å². The van der Waals surface area contributed by atoms with Crippen molar-refractivity contribution in [3.63, 3.8) is 0 Å². The SMILES string of the molecule is CCCCOc1ccc(-c2noc(C3CC(=O)N(CCc4cccc(C)c4)C3)n2)cc1. The smallest absolute Gasteiger partial charge is 0.232 e. The predicted octanol–water partition coefficient (Wildman–Crippen LogP) is 4.78. The molecule has 162 valence electrons. The molecule has 1 fully saturated rings. The highest BCUT2D eigenvalue weighted by Gasteiger charge is 2.34. The molecule has 4 rings (SSSR count). The zero-order valence-electron chi connectivity index (χ0n) is 18.2. The van der Waals surface area contributed by atoms with Crippen LogP contribution in [0, 0.1) is 6.92 Å². The van der Waals surface area contributed by atoms with Crippen LogP contribution in [-0.2, 0) is 11.2 Å². The third kappa shape index (κ3) is 5.32. The molecule has 0 saturated carbocycles. The zero-order valence-corrected chi connectivity index (χ0v) is 18.2. The highest BCUT2D eigenvalue weighted by molar-refractivity contribution is 5.79. The summed E-state index contributed by atoms with van der Waals surface area (Å²) < 4.78 is 11.2. The maximum atomic E-state index is 12.5. The second-order valence-corrected chi connectivity index (χ2v) is 8.16. The fourth-order valence-electron chi connectivity index (χ4n) is 3.84. The third-order valence-corrected chi connectivity index (χ3v) is 5.64. The predicted molar refractivity (Wildman–Crippen MR) is 119 cm³/mol. The third-order valence-electron chi connectivity index (χ3n) is 5.64. The number of hydrogen-bond donors (Lipinski definition) is 0. The molecule has 1 amide bonds. The average molecular weight is 420 g/mol. The van der Waals surface area contributed by atoms with Crippen LogP contribution in [0.5, 0.6) is 5.75 Å². The molecule has 0 aliphatic carbocycles. The van der Waals surface area contributed by atoms with Gasteiger partial charge in [-0.05, 0) is 49.6 Å². The van der Waals surface area contributed by atoms with Gasteiger partial charge in [0.15, 0.2) is 0 Å². The van der Waals surface area contributed by atoms with Crippen LogP contribution in [0.3, 0.4) is 0 Å². The van der Waals surface area contributed by atoms with Crippen LogP contribution in [0.4, 0.5) is 0 Å². The first-order chi connectivity index (χ1) is 15.1. The van der Waals surface area contributed by atoms with Crippen molar-refractivity contribution in [3.8, 4) is 17.1 Å².